The maximum Gasteiger partial charge on any atom is 0.326 e. The number of amides is 3. The Hall–Kier alpha value is -3.42. The van der Waals surface area contributed by atoms with E-state index >= 15 is 0 Å². The molecule has 7 nitrogen and oxygen atoms in total. The van der Waals surface area contributed by atoms with Crippen LogP contribution in [0.1, 0.15) is 12.5 Å². The predicted octanol–water partition coefficient (Wildman–Crippen LogP) is 3.26. The molecule has 3 aromatic rings. The molecule has 0 bridgehead atoms. The van der Waals surface area contributed by atoms with Crippen molar-refractivity contribution < 1.29 is 14.3 Å². The number of piperazine rings is 1. The van der Waals surface area contributed by atoms with Crippen LogP contribution in [-0.2, 0) is 10.3 Å². The maximum absolute atomic E-state index is 13.5. The van der Waals surface area contributed by atoms with Gasteiger partial charge in [0.15, 0.2) is 0 Å². The molecule has 2 aliphatic rings. The second-order valence-electron chi connectivity index (χ2n) is 9.08. The van der Waals surface area contributed by atoms with Gasteiger partial charge in [0.2, 0.25) is 0 Å². The van der Waals surface area contributed by atoms with E-state index < -0.39 is 5.54 Å². The average molecular weight is 459 g/mol. The Labute approximate surface area is 199 Å². The Morgan fingerprint density at radius 2 is 1.53 bits per heavy atom. The summed E-state index contributed by atoms with van der Waals surface area (Å²) in [7, 11) is 0. The molecule has 34 heavy (non-hydrogen) atoms. The molecule has 0 saturated carbocycles. The number of urea groups is 1. The second-order valence-corrected chi connectivity index (χ2v) is 9.08. The van der Waals surface area contributed by atoms with Crippen LogP contribution < -0.4 is 10.1 Å². The fourth-order valence-corrected chi connectivity index (χ4v) is 4.83. The summed E-state index contributed by atoms with van der Waals surface area (Å²) in [6.07, 6.45) is 0. The van der Waals surface area contributed by atoms with Crippen LogP contribution in [0.4, 0.5) is 4.79 Å². The third kappa shape index (κ3) is 4.36. The highest BCUT2D eigenvalue weighted by Crippen LogP contribution is 2.34. The number of benzene rings is 3. The number of hydrogen-bond donors (Lipinski definition) is 1. The average Bonchev–Trinajstić information content (AvgIpc) is 3.09. The smallest absolute Gasteiger partial charge is 0.326 e. The van der Waals surface area contributed by atoms with E-state index in [1.165, 1.54) is 4.90 Å². The first-order valence-corrected chi connectivity index (χ1v) is 11.8. The lowest BCUT2D eigenvalue weighted by atomic mass is 9.88. The monoisotopic (exact) mass is 458 g/mol. The van der Waals surface area contributed by atoms with E-state index in [1.807, 2.05) is 72.8 Å². The lowest BCUT2D eigenvalue weighted by Gasteiger charge is -2.36. The zero-order chi connectivity index (χ0) is 23.5. The normalized spacial score (nSPS) is 21.7. The van der Waals surface area contributed by atoms with Gasteiger partial charge in [0, 0.05) is 32.7 Å². The lowest BCUT2D eigenvalue weighted by molar-refractivity contribution is -0.132. The summed E-state index contributed by atoms with van der Waals surface area (Å²) in [4.78, 5) is 32.2. The van der Waals surface area contributed by atoms with Crippen LogP contribution in [0.2, 0.25) is 0 Å². The van der Waals surface area contributed by atoms with Gasteiger partial charge in [-0.05, 0) is 35.4 Å². The van der Waals surface area contributed by atoms with Crippen LogP contribution in [0, 0.1) is 0 Å². The Kier molecular flexibility index (Phi) is 6.22. The fraction of sp³-hybridized carbons (Fsp3) is 0.333. The molecule has 2 fully saturated rings. The fourth-order valence-electron chi connectivity index (χ4n) is 4.83. The summed E-state index contributed by atoms with van der Waals surface area (Å²) < 4.78 is 5.81. The molecule has 176 valence electrons. The number of ether oxygens (including phenoxy) is 1. The first kappa shape index (κ1) is 22.4. The Bertz CT molecular complexity index is 1170. The zero-order valence-corrected chi connectivity index (χ0v) is 19.4. The third-order valence-electron chi connectivity index (χ3n) is 6.83. The highest BCUT2D eigenvalue weighted by molar-refractivity contribution is 6.09. The van der Waals surface area contributed by atoms with Crippen LogP contribution in [0.3, 0.4) is 0 Å². The van der Waals surface area contributed by atoms with Crippen molar-refractivity contribution in [3.8, 4) is 5.75 Å². The van der Waals surface area contributed by atoms with Gasteiger partial charge in [-0.1, -0.05) is 60.7 Å². The topological polar surface area (TPSA) is 65.1 Å². The molecule has 1 atom stereocenters. The van der Waals surface area contributed by atoms with Crippen molar-refractivity contribution in [3.63, 3.8) is 0 Å². The number of para-hydroxylation sites is 1. The van der Waals surface area contributed by atoms with E-state index in [0.717, 1.165) is 54.8 Å². The minimum Gasteiger partial charge on any atom is -0.492 e. The molecule has 2 saturated heterocycles. The van der Waals surface area contributed by atoms with Crippen LogP contribution in [0.15, 0.2) is 72.8 Å². The van der Waals surface area contributed by atoms with Crippen molar-refractivity contribution in [3.05, 3.63) is 78.4 Å². The predicted molar refractivity (Wildman–Crippen MR) is 131 cm³/mol. The molecule has 7 heteroatoms. The number of imide groups is 1. The Morgan fingerprint density at radius 3 is 2.32 bits per heavy atom. The van der Waals surface area contributed by atoms with Gasteiger partial charge < -0.3 is 10.1 Å². The number of carbonyl (C=O) groups is 2. The van der Waals surface area contributed by atoms with Crippen molar-refractivity contribution in [2.45, 2.75) is 12.5 Å². The minimum absolute atomic E-state index is 0.201. The summed E-state index contributed by atoms with van der Waals surface area (Å²) in [5, 5.41) is 5.00. The van der Waals surface area contributed by atoms with E-state index in [1.54, 1.807) is 6.92 Å². The van der Waals surface area contributed by atoms with Crippen molar-refractivity contribution >= 4 is 22.7 Å². The highest BCUT2D eigenvalue weighted by atomic mass is 16.5. The number of rotatable bonds is 7. The molecule has 0 spiro atoms. The second kappa shape index (κ2) is 9.44. The zero-order valence-electron chi connectivity index (χ0n) is 19.4. The Balaban J connectivity index is 1.18. The van der Waals surface area contributed by atoms with Gasteiger partial charge >= 0.3 is 6.03 Å². The van der Waals surface area contributed by atoms with E-state index in [4.69, 9.17) is 4.74 Å². The first-order valence-electron chi connectivity index (χ1n) is 11.8. The summed E-state index contributed by atoms with van der Waals surface area (Å²) >= 11 is 0. The third-order valence-corrected chi connectivity index (χ3v) is 6.83. The molecule has 5 rings (SSSR count). The molecule has 3 amide bonds. The van der Waals surface area contributed by atoms with Gasteiger partial charge in [0.25, 0.3) is 5.91 Å². The molecular formula is C27H30N4O3. The number of nitrogens with one attached hydrogen (secondary N) is 1. The van der Waals surface area contributed by atoms with E-state index in [-0.39, 0.29) is 11.9 Å². The largest absolute Gasteiger partial charge is 0.492 e. The summed E-state index contributed by atoms with van der Waals surface area (Å²) in [6.45, 7) is 6.95. The van der Waals surface area contributed by atoms with Gasteiger partial charge in [-0.3, -0.25) is 14.6 Å². The van der Waals surface area contributed by atoms with Gasteiger partial charge in [0.05, 0.1) is 6.67 Å². The van der Waals surface area contributed by atoms with Crippen LogP contribution in [0.5, 0.6) is 5.75 Å². The summed E-state index contributed by atoms with van der Waals surface area (Å²) in [5.74, 6) is 0.682. The van der Waals surface area contributed by atoms with Gasteiger partial charge in [0.1, 0.15) is 17.9 Å². The van der Waals surface area contributed by atoms with Crippen LogP contribution in [-0.4, -0.2) is 72.6 Å². The van der Waals surface area contributed by atoms with Gasteiger partial charge in [-0.15, -0.1) is 0 Å². The molecule has 1 N–H and O–H groups in total. The minimum atomic E-state index is -1.07. The number of hydrogen-bond acceptors (Lipinski definition) is 5. The Morgan fingerprint density at radius 1 is 0.853 bits per heavy atom. The molecule has 3 aromatic carbocycles. The molecule has 2 heterocycles. The molecule has 0 aliphatic carbocycles. The first-order chi connectivity index (χ1) is 16.5. The quantitative estimate of drug-likeness (QED) is 0.551. The van der Waals surface area contributed by atoms with Gasteiger partial charge in [-0.2, -0.15) is 0 Å². The number of fused-ring (bicyclic) bond motifs is 1. The maximum atomic E-state index is 13.5. The SMILES string of the molecule is C[C@@]1(c2cccc3ccccc23)NC(=O)N(CN2CCN(CCOc3ccccc3)CC2)C1=O. The number of nitrogens with zero attached hydrogens (tertiary/aromatic N) is 3. The van der Waals surface area contributed by atoms with Crippen molar-refractivity contribution in [1.82, 2.24) is 20.0 Å². The highest BCUT2D eigenvalue weighted by Gasteiger charge is 2.50. The standard InChI is InChI=1S/C27H30N4O3/c1-27(24-13-7-9-21-8-5-6-12-23(21)24)25(32)31(26(33)28-27)20-30-16-14-29(15-17-30)18-19-34-22-10-3-2-4-11-22/h2-13H,14-20H2,1H3,(H,28,33)/t27-/m0/s1. The molecule has 0 aromatic heterocycles. The van der Waals surface area contributed by atoms with Crippen LogP contribution >= 0.6 is 0 Å². The molecule has 0 radical (unpaired) electrons. The van der Waals surface area contributed by atoms with E-state index in [0.29, 0.717) is 13.3 Å². The van der Waals surface area contributed by atoms with Crippen LogP contribution in [0.25, 0.3) is 10.8 Å². The van der Waals surface area contributed by atoms with Crippen molar-refractivity contribution in [2.24, 2.45) is 0 Å². The van der Waals surface area contributed by atoms with Crippen molar-refractivity contribution in [1.29, 1.82) is 0 Å². The summed E-state index contributed by atoms with van der Waals surface area (Å²) in [5.41, 5.74) is -0.246. The summed E-state index contributed by atoms with van der Waals surface area (Å²) in [6, 6.07) is 23.3. The van der Waals surface area contributed by atoms with Gasteiger partial charge in [-0.25, -0.2) is 9.69 Å². The van der Waals surface area contributed by atoms with E-state index in [9.17, 15) is 9.59 Å². The number of carbonyl (C=O) groups excluding carboxylic acids is 2. The molecular weight excluding hydrogens is 428 g/mol. The van der Waals surface area contributed by atoms with Crippen molar-refractivity contribution in [2.75, 3.05) is 46.0 Å². The molecule has 2 aliphatic heterocycles. The molecule has 0 unspecified atom stereocenters. The van der Waals surface area contributed by atoms with E-state index in [2.05, 4.69) is 15.1 Å². The lowest BCUT2D eigenvalue weighted by Crippen LogP contribution is -2.52.